The second kappa shape index (κ2) is 4.13. The summed E-state index contributed by atoms with van der Waals surface area (Å²) in [6.07, 6.45) is 1.44. The van der Waals surface area contributed by atoms with Gasteiger partial charge in [-0.05, 0) is 0 Å². The summed E-state index contributed by atoms with van der Waals surface area (Å²) in [4.78, 5) is 10.9. The van der Waals surface area contributed by atoms with Gasteiger partial charge in [-0.15, -0.1) is 10.2 Å². The summed E-state index contributed by atoms with van der Waals surface area (Å²) in [6.45, 7) is 0. The molecule has 72 valence electrons. The molecular weight excluding hydrogens is 192 g/mol. The Kier molecular flexibility index (Phi) is 3.13. The van der Waals surface area contributed by atoms with Gasteiger partial charge in [-0.3, -0.25) is 9.00 Å². The van der Waals surface area contributed by atoms with E-state index in [2.05, 4.69) is 15.5 Å². The lowest BCUT2D eigenvalue weighted by molar-refractivity contribution is -0.118. The van der Waals surface area contributed by atoms with Gasteiger partial charge in [0.05, 0.1) is 0 Å². The van der Waals surface area contributed by atoms with Crippen molar-refractivity contribution in [2.24, 2.45) is 7.05 Å². The molecule has 1 rings (SSSR count). The van der Waals surface area contributed by atoms with Crippen LogP contribution in [-0.2, 0) is 22.6 Å². The van der Waals surface area contributed by atoms with Gasteiger partial charge >= 0.3 is 0 Å². The zero-order chi connectivity index (χ0) is 9.84. The number of aromatic nitrogens is 3. The molecule has 1 amide bonds. The molecule has 6 nitrogen and oxygen atoms in total. The molecule has 1 N–H and O–H groups in total. The Morgan fingerprint density at radius 2 is 2.46 bits per heavy atom. The Morgan fingerprint density at radius 3 is 2.92 bits per heavy atom. The Balaban J connectivity index is 2.69. The normalized spacial score (nSPS) is 12.5. The van der Waals surface area contributed by atoms with Gasteiger partial charge in [0.2, 0.25) is 11.1 Å². The van der Waals surface area contributed by atoms with E-state index in [0.717, 1.165) is 0 Å². The van der Waals surface area contributed by atoms with Gasteiger partial charge in [-0.2, -0.15) is 0 Å². The molecule has 1 aromatic heterocycles. The maximum absolute atomic E-state index is 11.4. The number of carbonyl (C=O) groups excluding carboxylic acids is 1. The third-order valence-electron chi connectivity index (χ3n) is 1.41. The van der Waals surface area contributed by atoms with Gasteiger partial charge in [-0.1, -0.05) is 0 Å². The molecule has 0 radical (unpaired) electrons. The number of nitrogens with one attached hydrogen (secondary N) is 1. The fraction of sp³-hybridized carbons (Fsp3) is 0.500. The van der Waals surface area contributed by atoms with E-state index < -0.39 is 10.8 Å². The van der Waals surface area contributed by atoms with Crippen LogP contribution in [0.2, 0.25) is 0 Å². The number of nitrogens with zero attached hydrogens (tertiary/aromatic N) is 3. The van der Waals surface area contributed by atoms with E-state index in [0.29, 0.717) is 5.16 Å². The lowest BCUT2D eigenvalue weighted by atomic mass is 10.7. The molecule has 0 aliphatic rings. The number of carbonyl (C=O) groups is 1. The van der Waals surface area contributed by atoms with Crippen molar-refractivity contribution in [2.45, 2.75) is 5.16 Å². The fourth-order valence-electron chi connectivity index (χ4n) is 0.735. The van der Waals surface area contributed by atoms with Gasteiger partial charge in [-0.25, -0.2) is 0 Å². The van der Waals surface area contributed by atoms with Crippen molar-refractivity contribution in [1.29, 1.82) is 0 Å². The van der Waals surface area contributed by atoms with Gasteiger partial charge < -0.3 is 9.88 Å². The summed E-state index contributed by atoms with van der Waals surface area (Å²) in [7, 11) is 1.76. The third kappa shape index (κ3) is 2.35. The highest BCUT2D eigenvalue weighted by Gasteiger charge is 2.13. The molecule has 1 heterocycles. The number of amides is 1. The van der Waals surface area contributed by atoms with Crippen molar-refractivity contribution in [3.8, 4) is 0 Å². The SMILES string of the molecule is CNC(=O)CS(=O)c1nncn1C. The maximum atomic E-state index is 11.4. The first-order chi connectivity index (χ1) is 6.15. The molecule has 0 aliphatic heterocycles. The molecule has 0 spiro atoms. The second-order valence-electron chi connectivity index (χ2n) is 2.39. The highest BCUT2D eigenvalue weighted by Crippen LogP contribution is 1.99. The van der Waals surface area contributed by atoms with Gasteiger partial charge in [0.15, 0.2) is 0 Å². The fourth-order valence-corrected chi connectivity index (χ4v) is 1.75. The molecule has 1 aromatic rings. The van der Waals surface area contributed by atoms with Crippen LogP contribution in [0.15, 0.2) is 11.5 Å². The quantitative estimate of drug-likeness (QED) is 0.658. The Hall–Kier alpha value is -1.24. The van der Waals surface area contributed by atoms with Gasteiger partial charge in [0, 0.05) is 14.1 Å². The Bertz CT molecular complexity index is 335. The lowest BCUT2D eigenvalue weighted by Crippen LogP contribution is -2.25. The van der Waals surface area contributed by atoms with E-state index in [1.807, 2.05) is 0 Å². The molecule has 0 aromatic carbocycles. The number of rotatable bonds is 3. The zero-order valence-corrected chi connectivity index (χ0v) is 8.17. The van der Waals surface area contributed by atoms with Crippen LogP contribution in [0.4, 0.5) is 0 Å². The molecular formula is C6H10N4O2S. The standard InChI is InChI=1S/C6H10N4O2S/c1-7-5(11)3-13(12)6-9-8-4-10(6)2/h4H,3H2,1-2H3,(H,7,11). The van der Waals surface area contributed by atoms with Crippen molar-refractivity contribution < 1.29 is 9.00 Å². The van der Waals surface area contributed by atoms with Crippen molar-refractivity contribution in [3.63, 3.8) is 0 Å². The van der Waals surface area contributed by atoms with Crippen molar-refractivity contribution in [3.05, 3.63) is 6.33 Å². The molecule has 7 heteroatoms. The first kappa shape index (κ1) is 9.85. The summed E-state index contributed by atoms with van der Waals surface area (Å²) in [5.74, 6) is -0.357. The van der Waals surface area contributed by atoms with E-state index in [9.17, 15) is 9.00 Å². The maximum Gasteiger partial charge on any atom is 0.232 e. The summed E-state index contributed by atoms with van der Waals surface area (Å²) in [6, 6.07) is 0. The van der Waals surface area contributed by atoms with E-state index >= 15 is 0 Å². The predicted molar refractivity (Wildman–Crippen MR) is 46.3 cm³/mol. The van der Waals surface area contributed by atoms with Crippen molar-refractivity contribution >= 4 is 16.7 Å². The summed E-state index contributed by atoms with van der Waals surface area (Å²) in [5, 5.41) is 9.90. The van der Waals surface area contributed by atoms with Crippen LogP contribution in [0, 0.1) is 0 Å². The van der Waals surface area contributed by atoms with Crippen molar-refractivity contribution in [1.82, 2.24) is 20.1 Å². The lowest BCUT2D eigenvalue weighted by Gasteiger charge is -1.99. The van der Waals surface area contributed by atoms with Crippen LogP contribution in [0.25, 0.3) is 0 Å². The van der Waals surface area contributed by atoms with Crippen molar-refractivity contribution in [2.75, 3.05) is 12.8 Å². The zero-order valence-electron chi connectivity index (χ0n) is 7.35. The van der Waals surface area contributed by atoms with E-state index in [1.165, 1.54) is 17.9 Å². The molecule has 0 bridgehead atoms. The minimum Gasteiger partial charge on any atom is -0.358 e. The number of aryl methyl sites for hydroxylation is 1. The summed E-state index contributed by atoms with van der Waals surface area (Å²) >= 11 is 0. The Labute approximate surface area is 77.8 Å². The third-order valence-corrected chi connectivity index (χ3v) is 2.72. The number of hydrogen-bond acceptors (Lipinski definition) is 4. The Morgan fingerprint density at radius 1 is 1.77 bits per heavy atom. The first-order valence-corrected chi connectivity index (χ1v) is 4.90. The average molecular weight is 202 g/mol. The number of hydrogen-bond donors (Lipinski definition) is 1. The molecule has 13 heavy (non-hydrogen) atoms. The molecule has 0 saturated heterocycles. The molecule has 0 fully saturated rings. The van der Waals surface area contributed by atoms with Gasteiger partial charge in [0.1, 0.15) is 22.9 Å². The minimum absolute atomic E-state index is 0.0803. The van der Waals surface area contributed by atoms with E-state index in [4.69, 9.17) is 0 Å². The average Bonchev–Trinajstić information content (AvgIpc) is 2.51. The summed E-state index contributed by atoms with van der Waals surface area (Å²) < 4.78 is 12.9. The van der Waals surface area contributed by atoms with Crippen LogP contribution < -0.4 is 5.32 Å². The molecule has 0 aliphatic carbocycles. The predicted octanol–water partition coefficient (Wildman–Crippen LogP) is -1.33. The minimum atomic E-state index is -1.42. The molecule has 0 saturated carbocycles. The topological polar surface area (TPSA) is 76.9 Å². The highest BCUT2D eigenvalue weighted by atomic mass is 32.2. The summed E-state index contributed by atoms with van der Waals surface area (Å²) in [5.41, 5.74) is 0. The van der Waals surface area contributed by atoms with Gasteiger partial charge in [0.25, 0.3) is 0 Å². The van der Waals surface area contributed by atoms with E-state index in [1.54, 1.807) is 7.05 Å². The molecule has 1 unspecified atom stereocenters. The van der Waals surface area contributed by atoms with Crippen LogP contribution >= 0.6 is 0 Å². The largest absolute Gasteiger partial charge is 0.358 e. The van der Waals surface area contributed by atoms with Crippen LogP contribution in [0.5, 0.6) is 0 Å². The monoisotopic (exact) mass is 202 g/mol. The van der Waals surface area contributed by atoms with Crippen LogP contribution in [0.3, 0.4) is 0 Å². The molecule has 1 atom stereocenters. The van der Waals surface area contributed by atoms with Crippen LogP contribution in [0.1, 0.15) is 0 Å². The van der Waals surface area contributed by atoms with E-state index in [-0.39, 0.29) is 11.7 Å². The highest BCUT2D eigenvalue weighted by molar-refractivity contribution is 7.85. The van der Waals surface area contributed by atoms with Crippen LogP contribution in [-0.4, -0.2) is 37.7 Å². The second-order valence-corrected chi connectivity index (χ2v) is 3.73. The smallest absolute Gasteiger partial charge is 0.232 e. The first-order valence-electron chi connectivity index (χ1n) is 3.58.